The molecule has 1 aliphatic rings. The Bertz CT molecular complexity index is 555. The van der Waals surface area contributed by atoms with E-state index in [1.807, 2.05) is 13.0 Å². The van der Waals surface area contributed by atoms with Crippen LogP contribution in [0.15, 0.2) is 29.2 Å². The van der Waals surface area contributed by atoms with E-state index in [4.69, 9.17) is 5.73 Å². The molecular weight excluding hydrogens is 272 g/mol. The van der Waals surface area contributed by atoms with Crippen LogP contribution in [-0.4, -0.2) is 25.3 Å². The Morgan fingerprint density at radius 2 is 2.15 bits per heavy atom. The fourth-order valence-corrected chi connectivity index (χ4v) is 4.61. The number of nitrogens with zero attached hydrogens (tertiary/aromatic N) is 1. The summed E-state index contributed by atoms with van der Waals surface area (Å²) in [5.74, 6) is 0. The van der Waals surface area contributed by atoms with Gasteiger partial charge in [-0.2, -0.15) is 4.31 Å². The standard InChI is InChI=1S/C15H24N2O2S/c1-3-14-8-4-5-10-17(14)20(18,19)15-9-6-7-13(11-15)12(2)16/h6-7,9,11-12,14H,3-5,8,10,16H2,1-2H3. The first kappa shape index (κ1) is 15.5. The molecule has 1 aromatic carbocycles. The summed E-state index contributed by atoms with van der Waals surface area (Å²) in [6, 6.07) is 7.00. The molecule has 1 aromatic rings. The first-order valence-electron chi connectivity index (χ1n) is 7.34. The zero-order valence-electron chi connectivity index (χ0n) is 12.2. The van der Waals surface area contributed by atoms with Crippen molar-refractivity contribution in [2.24, 2.45) is 5.73 Å². The highest BCUT2D eigenvalue weighted by Crippen LogP contribution is 2.27. The topological polar surface area (TPSA) is 63.4 Å². The highest BCUT2D eigenvalue weighted by atomic mass is 32.2. The van der Waals surface area contributed by atoms with Crippen molar-refractivity contribution in [3.8, 4) is 0 Å². The van der Waals surface area contributed by atoms with Crippen molar-refractivity contribution in [3.63, 3.8) is 0 Å². The quantitative estimate of drug-likeness (QED) is 0.929. The minimum Gasteiger partial charge on any atom is -0.324 e. The van der Waals surface area contributed by atoms with Gasteiger partial charge >= 0.3 is 0 Å². The van der Waals surface area contributed by atoms with Crippen molar-refractivity contribution in [3.05, 3.63) is 29.8 Å². The molecule has 2 rings (SSSR count). The van der Waals surface area contributed by atoms with Gasteiger partial charge in [0.25, 0.3) is 0 Å². The van der Waals surface area contributed by atoms with Crippen LogP contribution in [0.2, 0.25) is 0 Å². The Morgan fingerprint density at radius 3 is 2.80 bits per heavy atom. The van der Waals surface area contributed by atoms with Crippen LogP contribution in [0.3, 0.4) is 0 Å². The molecule has 112 valence electrons. The van der Waals surface area contributed by atoms with Crippen LogP contribution in [0.25, 0.3) is 0 Å². The number of rotatable bonds is 4. The number of hydrogen-bond donors (Lipinski definition) is 1. The zero-order chi connectivity index (χ0) is 14.8. The van der Waals surface area contributed by atoms with Crippen molar-refractivity contribution in [1.29, 1.82) is 0 Å². The van der Waals surface area contributed by atoms with Crippen LogP contribution in [0.1, 0.15) is 51.1 Å². The molecule has 4 nitrogen and oxygen atoms in total. The minimum atomic E-state index is -3.40. The third kappa shape index (κ3) is 3.05. The molecular formula is C15H24N2O2S. The van der Waals surface area contributed by atoms with Crippen molar-refractivity contribution in [2.45, 2.75) is 56.5 Å². The molecule has 0 bridgehead atoms. The normalized spacial score (nSPS) is 22.6. The Kier molecular flexibility index (Phi) is 4.83. The molecule has 1 heterocycles. The molecule has 0 aromatic heterocycles. The highest BCUT2D eigenvalue weighted by Gasteiger charge is 2.32. The third-order valence-electron chi connectivity index (χ3n) is 4.03. The van der Waals surface area contributed by atoms with E-state index in [1.165, 1.54) is 0 Å². The number of hydrogen-bond acceptors (Lipinski definition) is 3. The molecule has 2 unspecified atom stereocenters. The molecule has 0 radical (unpaired) electrons. The molecule has 0 spiro atoms. The first-order valence-corrected chi connectivity index (χ1v) is 8.78. The number of sulfonamides is 1. The lowest BCUT2D eigenvalue weighted by molar-refractivity contribution is 0.246. The van der Waals surface area contributed by atoms with Gasteiger partial charge in [-0.1, -0.05) is 25.5 Å². The van der Waals surface area contributed by atoms with Crippen LogP contribution >= 0.6 is 0 Å². The van der Waals surface area contributed by atoms with Crippen LogP contribution in [0.4, 0.5) is 0 Å². The maximum Gasteiger partial charge on any atom is 0.243 e. The van der Waals surface area contributed by atoms with Gasteiger partial charge in [0.15, 0.2) is 0 Å². The largest absolute Gasteiger partial charge is 0.324 e. The summed E-state index contributed by atoms with van der Waals surface area (Å²) in [4.78, 5) is 0.368. The number of nitrogens with two attached hydrogens (primary N) is 1. The molecule has 1 aliphatic heterocycles. The predicted molar refractivity (Wildman–Crippen MR) is 80.9 cm³/mol. The van der Waals surface area contributed by atoms with Gasteiger partial charge in [0, 0.05) is 18.6 Å². The summed E-state index contributed by atoms with van der Waals surface area (Å²) in [5, 5.41) is 0. The Morgan fingerprint density at radius 1 is 1.40 bits per heavy atom. The SMILES string of the molecule is CCC1CCCCN1S(=O)(=O)c1cccc(C(C)N)c1. The maximum absolute atomic E-state index is 12.8. The average molecular weight is 296 g/mol. The van der Waals surface area contributed by atoms with Gasteiger partial charge in [0.1, 0.15) is 0 Å². The monoisotopic (exact) mass is 296 g/mol. The lowest BCUT2D eigenvalue weighted by Gasteiger charge is -2.34. The van der Waals surface area contributed by atoms with Crippen LogP contribution in [0.5, 0.6) is 0 Å². The van der Waals surface area contributed by atoms with Crippen LogP contribution in [0, 0.1) is 0 Å². The van der Waals surface area contributed by atoms with Crippen LogP contribution in [-0.2, 0) is 10.0 Å². The van der Waals surface area contributed by atoms with E-state index in [1.54, 1.807) is 22.5 Å². The molecule has 2 N–H and O–H groups in total. The smallest absolute Gasteiger partial charge is 0.243 e. The van der Waals surface area contributed by atoms with Gasteiger partial charge in [-0.15, -0.1) is 0 Å². The van der Waals surface area contributed by atoms with E-state index >= 15 is 0 Å². The lowest BCUT2D eigenvalue weighted by atomic mass is 10.0. The van der Waals surface area contributed by atoms with Crippen molar-refractivity contribution < 1.29 is 8.42 Å². The second-order valence-electron chi connectivity index (χ2n) is 5.53. The van der Waals surface area contributed by atoms with Gasteiger partial charge in [-0.05, 0) is 43.9 Å². The molecule has 2 atom stereocenters. The summed E-state index contributed by atoms with van der Waals surface area (Å²) >= 11 is 0. The van der Waals surface area contributed by atoms with E-state index in [2.05, 4.69) is 6.92 Å². The van der Waals surface area contributed by atoms with E-state index in [9.17, 15) is 8.42 Å². The maximum atomic E-state index is 12.8. The van der Waals surface area contributed by atoms with Gasteiger partial charge in [0.05, 0.1) is 4.90 Å². The van der Waals surface area contributed by atoms with E-state index in [0.29, 0.717) is 11.4 Å². The molecule has 1 fully saturated rings. The molecule has 0 saturated carbocycles. The van der Waals surface area contributed by atoms with Gasteiger partial charge in [-0.25, -0.2) is 8.42 Å². The molecule has 5 heteroatoms. The zero-order valence-corrected chi connectivity index (χ0v) is 13.1. The Hall–Kier alpha value is -0.910. The fraction of sp³-hybridized carbons (Fsp3) is 0.600. The van der Waals surface area contributed by atoms with Gasteiger partial charge in [-0.3, -0.25) is 0 Å². The summed E-state index contributed by atoms with van der Waals surface area (Å²) < 4.78 is 27.3. The molecule has 20 heavy (non-hydrogen) atoms. The number of piperidine rings is 1. The lowest BCUT2D eigenvalue weighted by Crippen LogP contribution is -2.43. The summed E-state index contributed by atoms with van der Waals surface area (Å²) in [5.41, 5.74) is 6.71. The van der Waals surface area contributed by atoms with E-state index in [0.717, 1.165) is 31.2 Å². The Balaban J connectivity index is 2.36. The second-order valence-corrected chi connectivity index (χ2v) is 7.43. The molecule has 0 amide bonds. The van der Waals surface area contributed by atoms with Crippen molar-refractivity contribution >= 4 is 10.0 Å². The summed E-state index contributed by atoms with van der Waals surface area (Å²) in [6.07, 6.45) is 3.89. The second kappa shape index (κ2) is 6.24. The highest BCUT2D eigenvalue weighted by molar-refractivity contribution is 7.89. The minimum absolute atomic E-state index is 0.132. The summed E-state index contributed by atoms with van der Waals surface area (Å²) in [6.45, 7) is 4.54. The van der Waals surface area contributed by atoms with E-state index < -0.39 is 10.0 Å². The predicted octanol–water partition coefficient (Wildman–Crippen LogP) is 2.66. The third-order valence-corrected chi connectivity index (χ3v) is 5.98. The van der Waals surface area contributed by atoms with Crippen molar-refractivity contribution in [1.82, 2.24) is 4.31 Å². The Labute approximate surface area is 122 Å². The number of benzene rings is 1. The average Bonchev–Trinajstić information content (AvgIpc) is 2.47. The summed E-state index contributed by atoms with van der Waals surface area (Å²) in [7, 11) is -3.40. The van der Waals surface area contributed by atoms with E-state index in [-0.39, 0.29) is 12.1 Å². The first-order chi connectivity index (χ1) is 9.46. The fourth-order valence-electron chi connectivity index (χ4n) is 2.79. The van der Waals surface area contributed by atoms with Crippen molar-refractivity contribution in [2.75, 3.05) is 6.54 Å². The van der Waals surface area contributed by atoms with Gasteiger partial charge < -0.3 is 5.73 Å². The van der Waals surface area contributed by atoms with Crippen LogP contribution < -0.4 is 5.73 Å². The molecule has 0 aliphatic carbocycles. The molecule has 1 saturated heterocycles. The van der Waals surface area contributed by atoms with Gasteiger partial charge in [0.2, 0.25) is 10.0 Å².